The van der Waals surface area contributed by atoms with Gasteiger partial charge in [-0.15, -0.1) is 0 Å². The maximum atomic E-state index is 12.4. The van der Waals surface area contributed by atoms with Gasteiger partial charge in [0.25, 0.3) is 5.91 Å². The summed E-state index contributed by atoms with van der Waals surface area (Å²) >= 11 is 5.95. The summed E-state index contributed by atoms with van der Waals surface area (Å²) in [5.74, 6) is -0.0465. The van der Waals surface area contributed by atoms with Crippen molar-refractivity contribution in [3.05, 3.63) is 64.2 Å². The van der Waals surface area contributed by atoms with Crippen LogP contribution in [0.3, 0.4) is 0 Å². The van der Waals surface area contributed by atoms with Crippen molar-refractivity contribution in [2.45, 2.75) is 13.5 Å². The van der Waals surface area contributed by atoms with E-state index in [1.165, 1.54) is 0 Å². The molecule has 0 aliphatic carbocycles. The number of amides is 1. The van der Waals surface area contributed by atoms with Crippen LogP contribution in [0.25, 0.3) is 0 Å². The Morgan fingerprint density at radius 1 is 1.25 bits per heavy atom. The Morgan fingerprint density at radius 2 is 1.95 bits per heavy atom. The second kappa shape index (κ2) is 5.97. The number of nitrogens with zero attached hydrogens (tertiary/aromatic N) is 1. The average molecular weight is 289 g/mol. The van der Waals surface area contributed by atoms with Crippen LogP contribution in [0.2, 0.25) is 5.02 Å². The smallest absolute Gasteiger partial charge is 0.254 e. The van der Waals surface area contributed by atoms with Crippen molar-refractivity contribution in [3.8, 4) is 0 Å². The van der Waals surface area contributed by atoms with E-state index in [1.807, 2.05) is 31.2 Å². The summed E-state index contributed by atoms with van der Waals surface area (Å²) < 4.78 is 0. The van der Waals surface area contributed by atoms with Gasteiger partial charge in [0.15, 0.2) is 0 Å². The lowest BCUT2D eigenvalue weighted by Crippen LogP contribution is -2.27. The van der Waals surface area contributed by atoms with Crippen LogP contribution < -0.4 is 5.73 Å². The van der Waals surface area contributed by atoms with E-state index in [1.54, 1.807) is 30.1 Å². The molecule has 2 N–H and O–H groups in total. The molecule has 0 aliphatic heterocycles. The minimum atomic E-state index is -0.0465. The lowest BCUT2D eigenvalue weighted by Gasteiger charge is -2.19. The van der Waals surface area contributed by atoms with Crippen LogP contribution in [-0.4, -0.2) is 17.9 Å². The van der Waals surface area contributed by atoms with E-state index in [2.05, 4.69) is 0 Å². The molecule has 0 aliphatic rings. The van der Waals surface area contributed by atoms with Gasteiger partial charge in [0.2, 0.25) is 0 Å². The van der Waals surface area contributed by atoms with E-state index in [0.717, 1.165) is 11.1 Å². The van der Waals surface area contributed by atoms with Crippen molar-refractivity contribution >= 4 is 23.2 Å². The standard InChI is InChI=1S/C16H17ClN2O/c1-11-14(7-4-8-15(11)18)16(20)19(2)10-12-5-3-6-13(17)9-12/h3-9H,10,18H2,1-2H3. The number of hydrogen-bond donors (Lipinski definition) is 1. The fourth-order valence-corrected chi connectivity index (χ4v) is 2.28. The van der Waals surface area contributed by atoms with Crippen molar-refractivity contribution in [1.82, 2.24) is 4.90 Å². The number of rotatable bonds is 3. The number of halogens is 1. The molecule has 104 valence electrons. The predicted octanol–water partition coefficient (Wildman–Crippen LogP) is 3.50. The van der Waals surface area contributed by atoms with Gasteiger partial charge in [-0.2, -0.15) is 0 Å². The van der Waals surface area contributed by atoms with Gasteiger partial charge in [0, 0.05) is 29.9 Å². The van der Waals surface area contributed by atoms with Crippen LogP contribution in [0.5, 0.6) is 0 Å². The molecule has 2 aromatic carbocycles. The van der Waals surface area contributed by atoms with Crippen LogP contribution >= 0.6 is 11.6 Å². The van der Waals surface area contributed by atoms with Gasteiger partial charge in [0.05, 0.1) is 0 Å². The van der Waals surface area contributed by atoms with Crippen molar-refractivity contribution < 1.29 is 4.79 Å². The summed E-state index contributed by atoms with van der Waals surface area (Å²) in [6, 6.07) is 12.9. The fourth-order valence-electron chi connectivity index (χ4n) is 2.07. The van der Waals surface area contributed by atoms with Crippen LogP contribution in [-0.2, 0) is 6.54 Å². The van der Waals surface area contributed by atoms with Crippen molar-refractivity contribution in [1.29, 1.82) is 0 Å². The molecule has 3 nitrogen and oxygen atoms in total. The summed E-state index contributed by atoms with van der Waals surface area (Å²) in [7, 11) is 1.77. The first-order valence-electron chi connectivity index (χ1n) is 6.34. The number of nitrogens with two attached hydrogens (primary N) is 1. The fraction of sp³-hybridized carbons (Fsp3) is 0.188. The first kappa shape index (κ1) is 14.4. The molecule has 0 spiro atoms. The van der Waals surface area contributed by atoms with Gasteiger partial charge in [-0.25, -0.2) is 0 Å². The van der Waals surface area contributed by atoms with Crippen LogP contribution in [0.1, 0.15) is 21.5 Å². The Hall–Kier alpha value is -2.00. The molecule has 0 aromatic heterocycles. The Kier molecular flexibility index (Phi) is 4.30. The van der Waals surface area contributed by atoms with E-state index >= 15 is 0 Å². The topological polar surface area (TPSA) is 46.3 Å². The summed E-state index contributed by atoms with van der Waals surface area (Å²) in [5, 5.41) is 0.670. The third-order valence-electron chi connectivity index (χ3n) is 3.26. The monoisotopic (exact) mass is 288 g/mol. The van der Waals surface area contributed by atoms with Crippen LogP contribution in [0.4, 0.5) is 5.69 Å². The highest BCUT2D eigenvalue weighted by atomic mass is 35.5. The molecule has 0 heterocycles. The maximum absolute atomic E-state index is 12.4. The van der Waals surface area contributed by atoms with Crippen molar-refractivity contribution in [2.24, 2.45) is 0 Å². The molecule has 0 fully saturated rings. The van der Waals surface area contributed by atoms with Gasteiger partial charge < -0.3 is 10.6 Å². The number of benzene rings is 2. The average Bonchev–Trinajstić information content (AvgIpc) is 2.41. The molecule has 0 radical (unpaired) electrons. The lowest BCUT2D eigenvalue weighted by molar-refractivity contribution is 0.0784. The molecular formula is C16H17ClN2O. The van der Waals surface area contributed by atoms with Crippen molar-refractivity contribution in [3.63, 3.8) is 0 Å². The lowest BCUT2D eigenvalue weighted by atomic mass is 10.1. The molecule has 2 aromatic rings. The van der Waals surface area contributed by atoms with E-state index in [-0.39, 0.29) is 5.91 Å². The zero-order valence-corrected chi connectivity index (χ0v) is 12.3. The third kappa shape index (κ3) is 3.11. The van der Waals surface area contributed by atoms with E-state index < -0.39 is 0 Å². The predicted molar refractivity (Wildman–Crippen MR) is 82.8 cm³/mol. The first-order chi connectivity index (χ1) is 9.49. The van der Waals surface area contributed by atoms with Gasteiger partial charge in [0.1, 0.15) is 0 Å². The van der Waals surface area contributed by atoms with Gasteiger partial charge >= 0.3 is 0 Å². The molecule has 1 amide bonds. The van der Waals surface area contributed by atoms with Gasteiger partial charge in [-0.3, -0.25) is 4.79 Å². The van der Waals surface area contributed by atoms with Crippen LogP contribution in [0, 0.1) is 6.92 Å². The summed E-state index contributed by atoms with van der Waals surface area (Å²) in [6.45, 7) is 2.36. The molecule has 20 heavy (non-hydrogen) atoms. The zero-order chi connectivity index (χ0) is 14.7. The van der Waals surface area contributed by atoms with E-state index in [4.69, 9.17) is 17.3 Å². The number of carbonyl (C=O) groups is 1. The molecule has 2 rings (SSSR count). The normalized spacial score (nSPS) is 10.3. The SMILES string of the molecule is Cc1c(N)cccc1C(=O)N(C)Cc1cccc(Cl)c1. The Morgan fingerprint density at radius 3 is 2.65 bits per heavy atom. The van der Waals surface area contributed by atoms with Gasteiger partial charge in [-0.1, -0.05) is 29.8 Å². The highest BCUT2D eigenvalue weighted by molar-refractivity contribution is 6.30. The maximum Gasteiger partial charge on any atom is 0.254 e. The summed E-state index contributed by atoms with van der Waals surface area (Å²) in [4.78, 5) is 14.1. The molecule has 4 heteroatoms. The van der Waals surface area contributed by atoms with E-state index in [9.17, 15) is 4.79 Å². The molecule has 0 saturated heterocycles. The minimum Gasteiger partial charge on any atom is -0.398 e. The number of carbonyl (C=O) groups excluding carboxylic acids is 1. The number of nitrogen functional groups attached to an aromatic ring is 1. The summed E-state index contributed by atoms with van der Waals surface area (Å²) in [6.07, 6.45) is 0. The van der Waals surface area contributed by atoms with Crippen LogP contribution in [0.15, 0.2) is 42.5 Å². The third-order valence-corrected chi connectivity index (χ3v) is 3.50. The molecule has 0 atom stereocenters. The molecule has 0 bridgehead atoms. The molecule has 0 unspecified atom stereocenters. The highest BCUT2D eigenvalue weighted by Crippen LogP contribution is 2.18. The Balaban J connectivity index is 2.19. The minimum absolute atomic E-state index is 0.0465. The second-order valence-corrected chi connectivity index (χ2v) is 5.25. The zero-order valence-electron chi connectivity index (χ0n) is 11.6. The van der Waals surface area contributed by atoms with E-state index in [0.29, 0.717) is 22.8 Å². The quantitative estimate of drug-likeness (QED) is 0.879. The van der Waals surface area contributed by atoms with Crippen molar-refractivity contribution in [2.75, 3.05) is 12.8 Å². The Bertz CT molecular complexity index is 640. The number of anilines is 1. The highest BCUT2D eigenvalue weighted by Gasteiger charge is 2.15. The summed E-state index contributed by atoms with van der Waals surface area (Å²) in [5.41, 5.74) is 8.92. The first-order valence-corrected chi connectivity index (χ1v) is 6.72. The molecular weight excluding hydrogens is 272 g/mol. The second-order valence-electron chi connectivity index (χ2n) is 4.81. The Labute approximate surface area is 124 Å². The largest absolute Gasteiger partial charge is 0.398 e. The number of hydrogen-bond acceptors (Lipinski definition) is 2. The molecule has 0 saturated carbocycles. The van der Waals surface area contributed by atoms with Gasteiger partial charge in [-0.05, 0) is 42.3 Å².